The minimum absolute atomic E-state index is 0.0180. The number of aromatic nitrogens is 2. The monoisotopic (exact) mass is 427 g/mol. The molecule has 30 heavy (non-hydrogen) atoms. The van der Waals surface area contributed by atoms with Crippen molar-refractivity contribution in [2.45, 2.75) is 45.6 Å². The SMILES string of the molecule is CC(C)(C)c1noc(CCC(=O)N(Cc2cccs2)c2ccc3c(c2)OCCO3)n1. The Labute approximate surface area is 179 Å². The van der Waals surface area contributed by atoms with E-state index in [4.69, 9.17) is 14.0 Å². The number of carbonyl (C=O) groups excluding carboxylic acids is 1. The van der Waals surface area contributed by atoms with Gasteiger partial charge in [0.25, 0.3) is 0 Å². The fraction of sp³-hybridized carbons (Fsp3) is 0.409. The lowest BCUT2D eigenvalue weighted by molar-refractivity contribution is -0.118. The van der Waals surface area contributed by atoms with Crippen molar-refractivity contribution in [2.24, 2.45) is 0 Å². The third-order valence-electron chi connectivity index (χ3n) is 4.72. The van der Waals surface area contributed by atoms with E-state index in [0.29, 0.717) is 49.4 Å². The number of amides is 1. The molecule has 0 saturated carbocycles. The first-order valence-electron chi connectivity index (χ1n) is 9.95. The molecule has 3 heterocycles. The second-order valence-electron chi connectivity index (χ2n) is 8.15. The van der Waals surface area contributed by atoms with Gasteiger partial charge in [0.05, 0.1) is 6.54 Å². The predicted octanol–water partition coefficient (Wildman–Crippen LogP) is 4.37. The number of benzene rings is 1. The van der Waals surface area contributed by atoms with Crippen molar-refractivity contribution in [1.29, 1.82) is 0 Å². The number of nitrogens with zero attached hydrogens (tertiary/aromatic N) is 3. The first-order chi connectivity index (χ1) is 14.4. The molecule has 0 spiro atoms. The van der Waals surface area contributed by atoms with Crippen molar-refractivity contribution < 1.29 is 18.8 Å². The van der Waals surface area contributed by atoms with E-state index in [0.717, 1.165) is 10.6 Å². The van der Waals surface area contributed by atoms with Crippen molar-refractivity contribution in [3.8, 4) is 11.5 Å². The second-order valence-corrected chi connectivity index (χ2v) is 9.18. The van der Waals surface area contributed by atoms with Gasteiger partial charge >= 0.3 is 0 Å². The highest BCUT2D eigenvalue weighted by molar-refractivity contribution is 7.09. The Morgan fingerprint density at radius 3 is 2.67 bits per heavy atom. The van der Waals surface area contributed by atoms with E-state index in [1.54, 1.807) is 16.2 Å². The molecule has 1 amide bonds. The lowest BCUT2D eigenvalue weighted by atomic mass is 9.96. The van der Waals surface area contributed by atoms with E-state index in [1.165, 1.54) is 0 Å². The van der Waals surface area contributed by atoms with Crippen molar-refractivity contribution >= 4 is 22.9 Å². The van der Waals surface area contributed by atoms with Crippen LogP contribution in [0.4, 0.5) is 5.69 Å². The van der Waals surface area contributed by atoms with Gasteiger partial charge in [-0.2, -0.15) is 4.98 Å². The summed E-state index contributed by atoms with van der Waals surface area (Å²) in [6, 6.07) is 9.62. The molecule has 0 atom stereocenters. The van der Waals surface area contributed by atoms with Crippen LogP contribution in [0.1, 0.15) is 43.8 Å². The molecule has 0 N–H and O–H groups in total. The van der Waals surface area contributed by atoms with Gasteiger partial charge in [-0.25, -0.2) is 0 Å². The number of anilines is 1. The van der Waals surface area contributed by atoms with Crippen LogP contribution in [0, 0.1) is 0 Å². The maximum Gasteiger partial charge on any atom is 0.227 e. The number of aryl methyl sites for hydroxylation is 1. The van der Waals surface area contributed by atoms with Gasteiger partial charge in [0.1, 0.15) is 13.2 Å². The first kappa shape index (κ1) is 20.4. The van der Waals surface area contributed by atoms with Crippen LogP contribution >= 0.6 is 11.3 Å². The lowest BCUT2D eigenvalue weighted by Crippen LogP contribution is -2.30. The van der Waals surface area contributed by atoms with Crippen LogP contribution < -0.4 is 14.4 Å². The Morgan fingerprint density at radius 1 is 1.17 bits per heavy atom. The van der Waals surface area contributed by atoms with Crippen molar-refractivity contribution in [3.05, 3.63) is 52.3 Å². The molecule has 158 valence electrons. The molecule has 4 rings (SSSR count). The van der Waals surface area contributed by atoms with Gasteiger partial charge in [-0.05, 0) is 23.6 Å². The maximum atomic E-state index is 13.2. The van der Waals surface area contributed by atoms with Gasteiger partial charge in [0, 0.05) is 34.9 Å². The highest BCUT2D eigenvalue weighted by Gasteiger charge is 2.23. The lowest BCUT2D eigenvalue weighted by Gasteiger charge is -2.25. The zero-order chi connectivity index (χ0) is 21.1. The number of fused-ring (bicyclic) bond motifs is 1. The van der Waals surface area contributed by atoms with Crippen molar-refractivity contribution in [1.82, 2.24) is 10.1 Å². The molecule has 0 unspecified atom stereocenters. The van der Waals surface area contributed by atoms with Crippen LogP contribution in [0.5, 0.6) is 11.5 Å². The number of hydrogen-bond acceptors (Lipinski definition) is 7. The average Bonchev–Trinajstić information content (AvgIpc) is 3.41. The minimum Gasteiger partial charge on any atom is -0.486 e. The summed E-state index contributed by atoms with van der Waals surface area (Å²) in [4.78, 5) is 20.5. The third-order valence-corrected chi connectivity index (χ3v) is 5.59. The molecule has 0 saturated heterocycles. The summed E-state index contributed by atoms with van der Waals surface area (Å²) in [5.41, 5.74) is 0.584. The smallest absolute Gasteiger partial charge is 0.227 e. The third kappa shape index (κ3) is 4.64. The fourth-order valence-corrected chi connectivity index (χ4v) is 3.78. The number of thiophene rings is 1. The molecular formula is C22H25N3O4S. The summed E-state index contributed by atoms with van der Waals surface area (Å²) in [5.74, 6) is 2.47. The van der Waals surface area contributed by atoms with E-state index < -0.39 is 0 Å². The molecule has 0 radical (unpaired) electrons. The summed E-state index contributed by atoms with van der Waals surface area (Å²) >= 11 is 1.62. The maximum absolute atomic E-state index is 13.2. The van der Waals surface area contributed by atoms with E-state index in [1.807, 2.05) is 56.5 Å². The number of rotatable bonds is 6. The molecule has 2 aromatic heterocycles. The molecule has 1 aliphatic heterocycles. The average molecular weight is 428 g/mol. The Bertz CT molecular complexity index is 1010. The Hall–Kier alpha value is -2.87. The Kier molecular flexibility index (Phi) is 5.76. The standard InChI is InChI=1S/C22H25N3O4S/c1-22(2,3)21-23-19(29-24-21)8-9-20(26)25(14-16-5-4-12-30-16)15-6-7-17-18(13-15)28-11-10-27-17/h4-7,12-13H,8-11,14H2,1-3H3. The van der Waals surface area contributed by atoms with Gasteiger partial charge in [-0.1, -0.05) is 32.0 Å². The number of ether oxygens (including phenoxy) is 2. The zero-order valence-electron chi connectivity index (χ0n) is 17.4. The van der Waals surface area contributed by atoms with Crippen LogP contribution in [0.3, 0.4) is 0 Å². The van der Waals surface area contributed by atoms with E-state index >= 15 is 0 Å². The fourth-order valence-electron chi connectivity index (χ4n) is 3.09. The van der Waals surface area contributed by atoms with Crippen molar-refractivity contribution in [2.75, 3.05) is 18.1 Å². The number of carbonyl (C=O) groups is 1. The molecule has 1 aliphatic rings. The van der Waals surface area contributed by atoms with Gasteiger partial charge in [0.2, 0.25) is 11.8 Å². The zero-order valence-corrected chi connectivity index (χ0v) is 18.2. The molecule has 0 fully saturated rings. The highest BCUT2D eigenvalue weighted by atomic mass is 32.1. The minimum atomic E-state index is -0.192. The highest BCUT2D eigenvalue weighted by Crippen LogP contribution is 2.35. The van der Waals surface area contributed by atoms with E-state index in [2.05, 4.69) is 10.1 Å². The van der Waals surface area contributed by atoms with Crippen LogP contribution in [0.25, 0.3) is 0 Å². The molecule has 7 nitrogen and oxygen atoms in total. The van der Waals surface area contributed by atoms with Gasteiger partial charge in [-0.3, -0.25) is 4.79 Å². The predicted molar refractivity (Wildman–Crippen MR) is 114 cm³/mol. The van der Waals surface area contributed by atoms with Crippen LogP contribution in [0.2, 0.25) is 0 Å². The molecule has 0 bridgehead atoms. The Morgan fingerprint density at radius 2 is 1.97 bits per heavy atom. The summed E-state index contributed by atoms with van der Waals surface area (Å²) in [6.07, 6.45) is 0.666. The quantitative estimate of drug-likeness (QED) is 0.581. The molecule has 0 aliphatic carbocycles. The van der Waals surface area contributed by atoms with Crippen LogP contribution in [0.15, 0.2) is 40.2 Å². The van der Waals surface area contributed by atoms with Crippen LogP contribution in [-0.4, -0.2) is 29.3 Å². The second kappa shape index (κ2) is 8.47. The van der Waals surface area contributed by atoms with Crippen LogP contribution in [-0.2, 0) is 23.2 Å². The van der Waals surface area contributed by atoms with Gasteiger partial charge < -0.3 is 18.9 Å². The summed E-state index contributed by atoms with van der Waals surface area (Å²) in [6.45, 7) is 7.60. The van der Waals surface area contributed by atoms with Gasteiger partial charge in [-0.15, -0.1) is 11.3 Å². The topological polar surface area (TPSA) is 77.7 Å². The Balaban J connectivity index is 1.52. The summed E-state index contributed by atoms with van der Waals surface area (Å²) in [7, 11) is 0. The molecular weight excluding hydrogens is 402 g/mol. The first-order valence-corrected chi connectivity index (χ1v) is 10.8. The molecule has 3 aromatic rings. The van der Waals surface area contributed by atoms with E-state index in [-0.39, 0.29) is 17.7 Å². The molecule has 1 aromatic carbocycles. The number of hydrogen-bond donors (Lipinski definition) is 0. The van der Waals surface area contributed by atoms with E-state index in [9.17, 15) is 4.79 Å². The van der Waals surface area contributed by atoms with Crippen molar-refractivity contribution in [3.63, 3.8) is 0 Å². The summed E-state index contributed by atoms with van der Waals surface area (Å²) < 4.78 is 16.6. The largest absolute Gasteiger partial charge is 0.486 e. The normalized spacial score (nSPS) is 13.3. The summed E-state index contributed by atoms with van der Waals surface area (Å²) in [5, 5.41) is 6.05. The molecule has 8 heteroatoms. The van der Waals surface area contributed by atoms with Gasteiger partial charge in [0.15, 0.2) is 17.3 Å².